The van der Waals surface area contributed by atoms with Gasteiger partial charge in [-0.2, -0.15) is 10.1 Å². The van der Waals surface area contributed by atoms with Gasteiger partial charge < -0.3 is 15.4 Å². The largest absolute Gasteiger partial charge is 0.497 e. The molecule has 0 fully saturated rings. The van der Waals surface area contributed by atoms with E-state index >= 15 is 0 Å². The monoisotopic (exact) mass is 308 g/mol. The van der Waals surface area contributed by atoms with Crippen molar-refractivity contribution < 1.29 is 4.74 Å². The van der Waals surface area contributed by atoms with E-state index in [1.165, 1.54) is 0 Å². The predicted molar refractivity (Wildman–Crippen MR) is 87.7 cm³/mol. The smallest absolute Gasteiger partial charge is 0.249 e. The Bertz CT molecular complexity index is 748. The maximum absolute atomic E-state index is 5.13. The molecule has 0 atom stereocenters. The van der Waals surface area contributed by atoms with Crippen LogP contribution in [0.2, 0.25) is 0 Å². The summed E-state index contributed by atoms with van der Waals surface area (Å²) >= 11 is 0. The van der Waals surface area contributed by atoms with E-state index in [1.807, 2.05) is 36.4 Å². The van der Waals surface area contributed by atoms with E-state index in [9.17, 15) is 0 Å². The van der Waals surface area contributed by atoms with Gasteiger partial charge in [0.05, 0.1) is 13.3 Å². The molecule has 0 saturated heterocycles. The van der Waals surface area contributed by atoms with Crippen LogP contribution in [0.4, 0.5) is 17.5 Å². The average molecular weight is 308 g/mol. The van der Waals surface area contributed by atoms with E-state index in [4.69, 9.17) is 4.74 Å². The lowest BCUT2D eigenvalue weighted by atomic mass is 10.3. The number of pyridine rings is 1. The fourth-order valence-electron chi connectivity index (χ4n) is 1.94. The Balaban J connectivity index is 1.64. The van der Waals surface area contributed by atoms with E-state index in [1.54, 1.807) is 25.7 Å². The summed E-state index contributed by atoms with van der Waals surface area (Å²) in [6.07, 6.45) is 5.10. The van der Waals surface area contributed by atoms with Crippen LogP contribution >= 0.6 is 0 Å². The van der Waals surface area contributed by atoms with E-state index < -0.39 is 0 Å². The summed E-state index contributed by atoms with van der Waals surface area (Å²) in [6.45, 7) is 0.642. The molecule has 0 aliphatic rings. The van der Waals surface area contributed by atoms with Crippen molar-refractivity contribution in [2.75, 3.05) is 17.7 Å². The van der Waals surface area contributed by atoms with Crippen LogP contribution in [0.25, 0.3) is 0 Å². The first-order valence-corrected chi connectivity index (χ1v) is 7.07. The minimum atomic E-state index is 0.426. The van der Waals surface area contributed by atoms with E-state index in [0.717, 1.165) is 17.0 Å². The summed E-state index contributed by atoms with van der Waals surface area (Å²) in [7, 11) is 1.63. The second-order valence-corrected chi connectivity index (χ2v) is 4.73. The molecule has 7 nitrogen and oxygen atoms in total. The topological polar surface area (TPSA) is 84.9 Å². The zero-order valence-corrected chi connectivity index (χ0v) is 12.6. The molecule has 2 heterocycles. The fraction of sp³-hybridized carbons (Fsp3) is 0.125. The molecule has 0 spiro atoms. The molecule has 0 aliphatic carbocycles. The fourth-order valence-corrected chi connectivity index (χ4v) is 1.94. The number of nitrogens with zero attached hydrogens (tertiary/aromatic N) is 4. The van der Waals surface area contributed by atoms with Crippen LogP contribution in [0.5, 0.6) is 5.75 Å². The lowest BCUT2D eigenvalue weighted by Gasteiger charge is -2.08. The van der Waals surface area contributed by atoms with Crippen LogP contribution in [-0.4, -0.2) is 27.3 Å². The molecule has 2 N–H and O–H groups in total. The molecule has 0 radical (unpaired) electrons. The molecule has 3 aromatic rings. The maximum Gasteiger partial charge on any atom is 0.249 e. The van der Waals surface area contributed by atoms with E-state index in [0.29, 0.717) is 18.3 Å². The zero-order valence-electron chi connectivity index (χ0n) is 12.6. The lowest BCUT2D eigenvalue weighted by molar-refractivity contribution is 0.415. The number of anilines is 3. The summed E-state index contributed by atoms with van der Waals surface area (Å²) in [5.41, 5.74) is 1.97. The van der Waals surface area contributed by atoms with Gasteiger partial charge >= 0.3 is 0 Å². The van der Waals surface area contributed by atoms with Crippen LogP contribution in [0.15, 0.2) is 55.0 Å². The van der Waals surface area contributed by atoms with Gasteiger partial charge in [0.15, 0.2) is 5.82 Å². The molecule has 0 bridgehead atoms. The lowest BCUT2D eigenvalue weighted by Crippen LogP contribution is -2.05. The summed E-state index contributed by atoms with van der Waals surface area (Å²) < 4.78 is 5.13. The second-order valence-electron chi connectivity index (χ2n) is 4.73. The molecule has 2 aromatic heterocycles. The third-order valence-electron chi connectivity index (χ3n) is 3.13. The molecule has 0 unspecified atom stereocenters. The Morgan fingerprint density at radius 1 is 1.04 bits per heavy atom. The van der Waals surface area contributed by atoms with Gasteiger partial charge in [0, 0.05) is 24.6 Å². The molecular formula is C16H16N6O. The molecule has 0 saturated carbocycles. The number of aromatic nitrogens is 4. The molecule has 3 rings (SSSR count). The Labute approximate surface area is 133 Å². The highest BCUT2D eigenvalue weighted by Crippen LogP contribution is 2.18. The van der Waals surface area contributed by atoms with Crippen LogP contribution in [-0.2, 0) is 6.54 Å². The standard InChI is InChI=1S/C16H16N6O/c1-23-14-4-2-13(3-5-14)20-16-21-15(11-19-22-16)18-10-12-6-8-17-9-7-12/h2-9,11H,10H2,1H3,(H2,18,20,21,22). The predicted octanol–water partition coefficient (Wildman–Crippen LogP) is 2.63. The average Bonchev–Trinajstić information content (AvgIpc) is 2.62. The van der Waals surface area contributed by atoms with Gasteiger partial charge in [0.2, 0.25) is 5.95 Å². The third-order valence-corrected chi connectivity index (χ3v) is 3.13. The summed E-state index contributed by atoms with van der Waals surface area (Å²) in [5, 5.41) is 14.2. The van der Waals surface area contributed by atoms with Gasteiger partial charge in [0.1, 0.15) is 5.75 Å². The number of ether oxygens (including phenoxy) is 1. The minimum Gasteiger partial charge on any atom is -0.497 e. The Hall–Kier alpha value is -3.22. The van der Waals surface area contributed by atoms with Crippen LogP contribution in [0.3, 0.4) is 0 Å². The highest BCUT2D eigenvalue weighted by atomic mass is 16.5. The molecule has 23 heavy (non-hydrogen) atoms. The first-order chi connectivity index (χ1) is 11.3. The van der Waals surface area contributed by atoms with Gasteiger partial charge in [-0.1, -0.05) is 0 Å². The van der Waals surface area contributed by atoms with Crippen molar-refractivity contribution in [3.8, 4) is 5.75 Å². The summed E-state index contributed by atoms with van der Waals surface area (Å²) in [5.74, 6) is 1.87. The van der Waals surface area contributed by atoms with Gasteiger partial charge in [-0.15, -0.1) is 5.10 Å². The van der Waals surface area contributed by atoms with Crippen LogP contribution in [0, 0.1) is 0 Å². The number of rotatable bonds is 6. The van der Waals surface area contributed by atoms with Crippen molar-refractivity contribution in [2.24, 2.45) is 0 Å². The molecule has 0 aliphatic heterocycles. The van der Waals surface area contributed by atoms with Crippen molar-refractivity contribution in [3.63, 3.8) is 0 Å². The minimum absolute atomic E-state index is 0.426. The normalized spacial score (nSPS) is 10.1. The number of hydrogen-bond donors (Lipinski definition) is 2. The molecule has 116 valence electrons. The van der Waals surface area contributed by atoms with Gasteiger partial charge in [-0.05, 0) is 42.0 Å². The third kappa shape index (κ3) is 4.13. The molecule has 1 aromatic carbocycles. The highest BCUT2D eigenvalue weighted by molar-refractivity contribution is 5.55. The first kappa shape index (κ1) is 14.7. The Morgan fingerprint density at radius 2 is 1.83 bits per heavy atom. The van der Waals surface area contributed by atoms with E-state index in [-0.39, 0.29) is 0 Å². The SMILES string of the molecule is COc1ccc(Nc2nncc(NCc3ccncc3)n2)cc1. The van der Waals surface area contributed by atoms with Gasteiger partial charge in [0.25, 0.3) is 0 Å². The van der Waals surface area contributed by atoms with Crippen molar-refractivity contribution in [1.29, 1.82) is 0 Å². The number of methoxy groups -OCH3 is 1. The quantitative estimate of drug-likeness (QED) is 0.724. The zero-order chi connectivity index (χ0) is 15.9. The second kappa shape index (κ2) is 7.17. The molecule has 0 amide bonds. The highest BCUT2D eigenvalue weighted by Gasteiger charge is 2.02. The number of benzene rings is 1. The van der Waals surface area contributed by atoms with Crippen molar-refractivity contribution in [1.82, 2.24) is 20.2 Å². The number of nitrogens with one attached hydrogen (secondary N) is 2. The first-order valence-electron chi connectivity index (χ1n) is 7.07. The van der Waals surface area contributed by atoms with Crippen LogP contribution in [0.1, 0.15) is 5.56 Å². The number of hydrogen-bond acceptors (Lipinski definition) is 7. The van der Waals surface area contributed by atoms with Gasteiger partial charge in [-0.3, -0.25) is 4.98 Å². The Morgan fingerprint density at radius 3 is 2.57 bits per heavy atom. The Kier molecular flexibility index (Phi) is 4.58. The molecule has 7 heteroatoms. The molecular weight excluding hydrogens is 292 g/mol. The van der Waals surface area contributed by atoms with Crippen molar-refractivity contribution >= 4 is 17.5 Å². The van der Waals surface area contributed by atoms with Crippen LogP contribution < -0.4 is 15.4 Å². The van der Waals surface area contributed by atoms with Crippen molar-refractivity contribution in [2.45, 2.75) is 6.54 Å². The van der Waals surface area contributed by atoms with E-state index in [2.05, 4.69) is 30.8 Å². The maximum atomic E-state index is 5.13. The summed E-state index contributed by atoms with van der Waals surface area (Å²) in [6, 6.07) is 11.4. The summed E-state index contributed by atoms with van der Waals surface area (Å²) in [4.78, 5) is 8.37. The van der Waals surface area contributed by atoms with Gasteiger partial charge in [-0.25, -0.2) is 0 Å². The van der Waals surface area contributed by atoms with Crippen molar-refractivity contribution in [3.05, 3.63) is 60.6 Å².